The van der Waals surface area contributed by atoms with E-state index in [0.717, 1.165) is 12.0 Å². The van der Waals surface area contributed by atoms with Crippen LogP contribution in [0.25, 0.3) is 11.4 Å². The van der Waals surface area contributed by atoms with Crippen LogP contribution in [0.5, 0.6) is 0 Å². The van der Waals surface area contributed by atoms with Crippen LogP contribution in [-0.4, -0.2) is 37.6 Å². The third-order valence-corrected chi connectivity index (χ3v) is 5.91. The highest BCUT2D eigenvalue weighted by molar-refractivity contribution is 7.99. The number of carbonyl (C=O) groups is 1. The second kappa shape index (κ2) is 7.86. The van der Waals surface area contributed by atoms with Gasteiger partial charge in [-0.15, -0.1) is 10.2 Å². The molecule has 0 aromatic carbocycles. The smallest absolute Gasteiger partial charge is 0.230 e. The Morgan fingerprint density at radius 3 is 3.00 bits per heavy atom. The van der Waals surface area contributed by atoms with E-state index in [1.165, 1.54) is 29.3 Å². The predicted octanol–water partition coefficient (Wildman–Crippen LogP) is 2.09. The Balaban J connectivity index is 1.57. The third-order valence-electron chi connectivity index (χ3n) is 4.97. The molecule has 3 rings (SSSR count). The van der Waals surface area contributed by atoms with Crippen molar-refractivity contribution in [1.82, 2.24) is 25.2 Å². The molecule has 3 atom stereocenters. The van der Waals surface area contributed by atoms with Crippen LogP contribution in [0.1, 0.15) is 33.1 Å². The highest BCUT2D eigenvalue weighted by Crippen LogP contribution is 2.29. The quantitative estimate of drug-likeness (QED) is 0.626. The van der Waals surface area contributed by atoms with Crippen molar-refractivity contribution in [3.05, 3.63) is 24.5 Å². The molecular weight excluding hydrogens is 336 g/mol. The van der Waals surface area contributed by atoms with Crippen LogP contribution in [0.2, 0.25) is 0 Å². The fourth-order valence-corrected chi connectivity index (χ4v) is 3.90. The molecule has 0 unspecified atom stereocenters. The zero-order chi connectivity index (χ0) is 17.8. The normalized spacial score (nSPS) is 23.4. The van der Waals surface area contributed by atoms with Gasteiger partial charge < -0.3 is 11.2 Å². The molecule has 0 aliphatic heterocycles. The van der Waals surface area contributed by atoms with Crippen molar-refractivity contribution < 1.29 is 4.79 Å². The van der Waals surface area contributed by atoms with E-state index >= 15 is 0 Å². The lowest BCUT2D eigenvalue weighted by molar-refractivity contribution is -0.120. The summed E-state index contributed by atoms with van der Waals surface area (Å²) in [4.78, 5) is 16.3. The minimum Gasteiger partial charge on any atom is -0.352 e. The second-order valence-electron chi connectivity index (χ2n) is 6.65. The maximum atomic E-state index is 12.3. The molecule has 8 heteroatoms. The molecule has 1 amide bonds. The van der Waals surface area contributed by atoms with Gasteiger partial charge in [-0.05, 0) is 30.4 Å². The van der Waals surface area contributed by atoms with E-state index in [9.17, 15) is 4.79 Å². The molecule has 2 aromatic heterocycles. The summed E-state index contributed by atoms with van der Waals surface area (Å²) in [6.45, 7) is 4.48. The fourth-order valence-electron chi connectivity index (χ4n) is 3.23. The molecule has 1 aliphatic carbocycles. The average Bonchev–Trinajstić information content (AvgIpc) is 2.99. The first-order valence-electron chi connectivity index (χ1n) is 8.59. The van der Waals surface area contributed by atoms with Gasteiger partial charge in [0.2, 0.25) is 11.1 Å². The summed E-state index contributed by atoms with van der Waals surface area (Å²) in [5, 5.41) is 11.9. The van der Waals surface area contributed by atoms with E-state index < -0.39 is 0 Å². The molecule has 3 N–H and O–H groups in total. The number of pyridine rings is 1. The number of amides is 1. The Morgan fingerprint density at radius 1 is 1.40 bits per heavy atom. The van der Waals surface area contributed by atoms with E-state index in [0.29, 0.717) is 22.8 Å². The molecule has 0 bridgehead atoms. The number of hydrogen-bond donors (Lipinski definition) is 2. The maximum absolute atomic E-state index is 12.3. The molecule has 2 aromatic rings. The molecule has 1 fully saturated rings. The van der Waals surface area contributed by atoms with E-state index in [1.54, 1.807) is 12.4 Å². The molecule has 2 heterocycles. The number of rotatable bonds is 5. The largest absolute Gasteiger partial charge is 0.352 e. The lowest BCUT2D eigenvalue weighted by Gasteiger charge is -2.34. The highest BCUT2D eigenvalue weighted by atomic mass is 32.2. The van der Waals surface area contributed by atoms with E-state index in [2.05, 4.69) is 34.3 Å². The molecule has 134 valence electrons. The third kappa shape index (κ3) is 4.12. The summed E-state index contributed by atoms with van der Waals surface area (Å²) in [7, 11) is 0. The summed E-state index contributed by atoms with van der Waals surface area (Å²) >= 11 is 1.29. The monoisotopic (exact) mass is 360 g/mol. The molecule has 0 radical (unpaired) electrons. The van der Waals surface area contributed by atoms with Crippen LogP contribution < -0.4 is 11.2 Å². The van der Waals surface area contributed by atoms with Gasteiger partial charge in [0.25, 0.3) is 0 Å². The van der Waals surface area contributed by atoms with Gasteiger partial charge in [-0.2, -0.15) is 0 Å². The van der Waals surface area contributed by atoms with Gasteiger partial charge in [-0.3, -0.25) is 9.78 Å². The summed E-state index contributed by atoms with van der Waals surface area (Å²) in [6, 6.07) is 3.95. The van der Waals surface area contributed by atoms with Crippen molar-refractivity contribution >= 4 is 17.7 Å². The first-order chi connectivity index (χ1) is 12.1. The minimum absolute atomic E-state index is 0.0156. The summed E-state index contributed by atoms with van der Waals surface area (Å²) in [6.07, 6.45) is 6.85. The molecule has 1 saturated carbocycles. The standard InChI is InChI=1S/C17H24N6OS/c1-11-5-3-7-14(12(11)2)20-15(24)10-25-17-22-21-16(23(17)18)13-6-4-8-19-9-13/h4,6,8-9,11-12,14H,3,5,7,10,18H2,1-2H3,(H,20,24)/t11-,12+,14+/m0/s1. The number of nitrogens with one attached hydrogen (secondary N) is 1. The van der Waals surface area contributed by atoms with Gasteiger partial charge in [0.05, 0.1) is 5.75 Å². The molecular formula is C17H24N6OS. The van der Waals surface area contributed by atoms with E-state index in [1.807, 2.05) is 12.1 Å². The van der Waals surface area contributed by atoms with Crippen molar-refractivity contribution in [3.8, 4) is 11.4 Å². The molecule has 0 spiro atoms. The SMILES string of the molecule is C[C@@H]1[C@@H](C)CCC[C@H]1NC(=O)CSc1nnc(-c2cccnc2)n1N. The number of hydrogen-bond acceptors (Lipinski definition) is 6. The Morgan fingerprint density at radius 2 is 2.24 bits per heavy atom. The number of nitrogen functional groups attached to an aromatic ring is 1. The maximum Gasteiger partial charge on any atom is 0.230 e. The summed E-state index contributed by atoms with van der Waals surface area (Å²) in [5.74, 6) is 8.05. The summed E-state index contributed by atoms with van der Waals surface area (Å²) < 4.78 is 1.40. The molecule has 7 nitrogen and oxygen atoms in total. The zero-order valence-electron chi connectivity index (χ0n) is 14.6. The molecule has 25 heavy (non-hydrogen) atoms. The Bertz CT molecular complexity index is 719. The Labute approximate surface area is 151 Å². The predicted molar refractivity (Wildman–Crippen MR) is 98.2 cm³/mol. The fraction of sp³-hybridized carbons (Fsp3) is 0.529. The lowest BCUT2D eigenvalue weighted by Crippen LogP contribution is -2.44. The number of thioether (sulfide) groups is 1. The van der Waals surface area contributed by atoms with Crippen LogP contribution in [-0.2, 0) is 4.79 Å². The Kier molecular flexibility index (Phi) is 5.57. The number of nitrogens with two attached hydrogens (primary N) is 1. The van der Waals surface area contributed by atoms with E-state index in [4.69, 9.17) is 5.84 Å². The number of aromatic nitrogens is 4. The van der Waals surface area contributed by atoms with Crippen LogP contribution in [0.4, 0.5) is 0 Å². The van der Waals surface area contributed by atoms with Crippen LogP contribution in [0.15, 0.2) is 29.7 Å². The topological polar surface area (TPSA) is 98.7 Å². The average molecular weight is 360 g/mol. The lowest BCUT2D eigenvalue weighted by atomic mass is 9.78. The van der Waals surface area contributed by atoms with Gasteiger partial charge in [0.15, 0.2) is 5.82 Å². The van der Waals surface area contributed by atoms with Gasteiger partial charge in [-0.25, -0.2) is 4.68 Å². The van der Waals surface area contributed by atoms with Crippen molar-refractivity contribution in [2.24, 2.45) is 11.8 Å². The van der Waals surface area contributed by atoms with Crippen LogP contribution in [0, 0.1) is 11.8 Å². The first kappa shape index (κ1) is 17.7. The highest BCUT2D eigenvalue weighted by Gasteiger charge is 2.28. The molecule has 1 aliphatic rings. The van der Waals surface area contributed by atoms with Crippen molar-refractivity contribution in [1.29, 1.82) is 0 Å². The first-order valence-corrected chi connectivity index (χ1v) is 9.58. The van der Waals surface area contributed by atoms with Crippen molar-refractivity contribution in [3.63, 3.8) is 0 Å². The zero-order valence-corrected chi connectivity index (χ0v) is 15.4. The summed E-state index contributed by atoms with van der Waals surface area (Å²) in [5.41, 5.74) is 0.791. The van der Waals surface area contributed by atoms with Crippen molar-refractivity contribution in [2.45, 2.75) is 44.3 Å². The van der Waals surface area contributed by atoms with Gasteiger partial charge in [0.1, 0.15) is 0 Å². The number of carbonyl (C=O) groups excluding carboxylic acids is 1. The number of nitrogens with zero attached hydrogens (tertiary/aromatic N) is 4. The van der Waals surface area contributed by atoms with E-state index in [-0.39, 0.29) is 17.7 Å². The Hall–Kier alpha value is -2.09. The van der Waals surface area contributed by atoms with Crippen LogP contribution in [0.3, 0.4) is 0 Å². The van der Waals surface area contributed by atoms with Gasteiger partial charge in [-0.1, -0.05) is 38.5 Å². The van der Waals surface area contributed by atoms with Gasteiger partial charge >= 0.3 is 0 Å². The van der Waals surface area contributed by atoms with Gasteiger partial charge in [0, 0.05) is 24.0 Å². The minimum atomic E-state index is 0.0156. The second-order valence-corrected chi connectivity index (χ2v) is 7.59. The molecule has 0 saturated heterocycles. The van der Waals surface area contributed by atoms with Crippen LogP contribution >= 0.6 is 11.8 Å². The van der Waals surface area contributed by atoms with Crippen molar-refractivity contribution in [2.75, 3.05) is 11.6 Å².